The zero-order valence-electron chi connectivity index (χ0n) is 9.98. The number of aromatic nitrogens is 2. The van der Waals surface area contributed by atoms with Crippen molar-refractivity contribution >= 4 is 0 Å². The number of hydrogen-bond donors (Lipinski definition) is 1. The normalized spacial score (nSPS) is 17.1. The zero-order valence-corrected chi connectivity index (χ0v) is 9.98. The van der Waals surface area contributed by atoms with E-state index in [1.54, 1.807) is 0 Å². The minimum absolute atomic E-state index is 0.526. The van der Waals surface area contributed by atoms with Gasteiger partial charge in [-0.1, -0.05) is 12.8 Å². The molecule has 0 spiro atoms. The summed E-state index contributed by atoms with van der Waals surface area (Å²) < 4.78 is 7.80. The molecule has 1 fully saturated rings. The minimum atomic E-state index is 0.526. The molecule has 90 valence electrons. The van der Waals surface area contributed by atoms with Crippen molar-refractivity contribution in [1.82, 2.24) is 14.9 Å². The van der Waals surface area contributed by atoms with E-state index in [4.69, 9.17) is 4.74 Å². The molecule has 1 aromatic heterocycles. The van der Waals surface area contributed by atoms with Crippen molar-refractivity contribution in [2.45, 2.75) is 38.3 Å². The van der Waals surface area contributed by atoms with E-state index in [1.807, 2.05) is 24.1 Å². The zero-order chi connectivity index (χ0) is 11.2. The summed E-state index contributed by atoms with van der Waals surface area (Å²) in [4.78, 5) is 4.08. The second-order valence-corrected chi connectivity index (χ2v) is 4.45. The predicted octanol–water partition coefficient (Wildman–Crippen LogP) is 1.47. The van der Waals surface area contributed by atoms with Gasteiger partial charge in [0.1, 0.15) is 0 Å². The van der Waals surface area contributed by atoms with Crippen LogP contribution in [0.15, 0.2) is 12.5 Å². The number of aryl methyl sites for hydroxylation is 1. The number of rotatable bonds is 6. The molecule has 4 heteroatoms. The van der Waals surface area contributed by atoms with Gasteiger partial charge in [0.15, 0.2) is 0 Å². The summed E-state index contributed by atoms with van der Waals surface area (Å²) >= 11 is 0. The number of nitrogens with one attached hydrogen (secondary N) is 1. The lowest BCUT2D eigenvalue weighted by atomic mass is 10.3. The first-order valence-electron chi connectivity index (χ1n) is 6.14. The van der Waals surface area contributed by atoms with Gasteiger partial charge in [0, 0.05) is 26.3 Å². The third kappa shape index (κ3) is 3.32. The summed E-state index contributed by atoms with van der Waals surface area (Å²) in [5.41, 5.74) is 1.21. The van der Waals surface area contributed by atoms with E-state index in [0.29, 0.717) is 6.10 Å². The van der Waals surface area contributed by atoms with Gasteiger partial charge in [-0.05, 0) is 12.8 Å². The molecule has 0 radical (unpaired) electrons. The molecule has 0 bridgehead atoms. The van der Waals surface area contributed by atoms with E-state index < -0.39 is 0 Å². The van der Waals surface area contributed by atoms with Crippen LogP contribution in [-0.4, -0.2) is 28.8 Å². The summed E-state index contributed by atoms with van der Waals surface area (Å²) in [6.45, 7) is 2.61. The summed E-state index contributed by atoms with van der Waals surface area (Å²) in [5.74, 6) is 0. The Bertz CT molecular complexity index is 305. The Kier molecular flexibility index (Phi) is 4.36. The van der Waals surface area contributed by atoms with E-state index in [-0.39, 0.29) is 0 Å². The largest absolute Gasteiger partial charge is 0.377 e. The van der Waals surface area contributed by atoms with Crippen molar-refractivity contribution in [3.05, 3.63) is 18.2 Å². The Morgan fingerprint density at radius 3 is 3.00 bits per heavy atom. The minimum Gasteiger partial charge on any atom is -0.377 e. The average Bonchev–Trinajstić information content (AvgIpc) is 2.90. The van der Waals surface area contributed by atoms with Crippen LogP contribution >= 0.6 is 0 Å². The highest BCUT2D eigenvalue weighted by Gasteiger charge is 2.14. The average molecular weight is 223 g/mol. The molecule has 1 N–H and O–H groups in total. The number of imidazole rings is 1. The van der Waals surface area contributed by atoms with Crippen LogP contribution in [0.4, 0.5) is 0 Å². The Balaban J connectivity index is 1.53. The molecule has 4 nitrogen and oxygen atoms in total. The molecule has 0 unspecified atom stereocenters. The smallest absolute Gasteiger partial charge is 0.0945 e. The van der Waals surface area contributed by atoms with Crippen molar-refractivity contribution in [3.8, 4) is 0 Å². The van der Waals surface area contributed by atoms with Crippen LogP contribution in [0.2, 0.25) is 0 Å². The molecule has 0 amide bonds. The van der Waals surface area contributed by atoms with Crippen LogP contribution in [0.3, 0.4) is 0 Å². The molecular formula is C12H21N3O. The van der Waals surface area contributed by atoms with Gasteiger partial charge in [-0.15, -0.1) is 0 Å². The summed E-state index contributed by atoms with van der Waals surface area (Å²) in [7, 11) is 2.01. The van der Waals surface area contributed by atoms with Gasteiger partial charge in [0.2, 0.25) is 0 Å². The Morgan fingerprint density at radius 2 is 2.31 bits per heavy atom. The molecule has 1 aliphatic rings. The van der Waals surface area contributed by atoms with E-state index in [2.05, 4.69) is 10.3 Å². The Morgan fingerprint density at radius 1 is 1.50 bits per heavy atom. The third-order valence-corrected chi connectivity index (χ3v) is 3.16. The van der Waals surface area contributed by atoms with Gasteiger partial charge in [-0.2, -0.15) is 0 Å². The fourth-order valence-electron chi connectivity index (χ4n) is 2.12. The molecule has 2 rings (SSSR count). The maximum Gasteiger partial charge on any atom is 0.0945 e. The maximum absolute atomic E-state index is 5.77. The highest BCUT2D eigenvalue weighted by atomic mass is 16.5. The third-order valence-electron chi connectivity index (χ3n) is 3.16. The monoisotopic (exact) mass is 223 g/mol. The van der Waals surface area contributed by atoms with Crippen molar-refractivity contribution in [2.24, 2.45) is 7.05 Å². The SMILES string of the molecule is Cn1cncc1CNCCOC1CCCC1. The molecule has 0 aliphatic heterocycles. The lowest BCUT2D eigenvalue weighted by Gasteiger charge is -2.11. The fraction of sp³-hybridized carbons (Fsp3) is 0.750. The first-order chi connectivity index (χ1) is 7.86. The molecular weight excluding hydrogens is 202 g/mol. The van der Waals surface area contributed by atoms with Gasteiger partial charge in [-0.25, -0.2) is 4.98 Å². The molecule has 16 heavy (non-hydrogen) atoms. The highest BCUT2D eigenvalue weighted by Crippen LogP contribution is 2.20. The highest BCUT2D eigenvalue weighted by molar-refractivity contribution is 4.96. The van der Waals surface area contributed by atoms with E-state index in [0.717, 1.165) is 19.7 Å². The van der Waals surface area contributed by atoms with Crippen molar-refractivity contribution < 1.29 is 4.74 Å². The second-order valence-electron chi connectivity index (χ2n) is 4.45. The van der Waals surface area contributed by atoms with E-state index in [9.17, 15) is 0 Å². The lowest BCUT2D eigenvalue weighted by molar-refractivity contribution is 0.0602. The Hall–Kier alpha value is -0.870. The van der Waals surface area contributed by atoms with Gasteiger partial charge >= 0.3 is 0 Å². The summed E-state index contributed by atoms with van der Waals surface area (Å²) in [6.07, 6.45) is 9.43. The molecule has 1 aliphatic carbocycles. The summed E-state index contributed by atoms with van der Waals surface area (Å²) in [5, 5.41) is 3.37. The van der Waals surface area contributed by atoms with E-state index >= 15 is 0 Å². The molecule has 1 saturated carbocycles. The lowest BCUT2D eigenvalue weighted by Crippen LogP contribution is -2.22. The predicted molar refractivity (Wildman–Crippen MR) is 63.1 cm³/mol. The van der Waals surface area contributed by atoms with E-state index in [1.165, 1.54) is 31.4 Å². The van der Waals surface area contributed by atoms with Crippen molar-refractivity contribution in [2.75, 3.05) is 13.2 Å². The number of ether oxygens (including phenoxy) is 1. The molecule has 1 heterocycles. The van der Waals surface area contributed by atoms with Crippen molar-refractivity contribution in [3.63, 3.8) is 0 Å². The first-order valence-corrected chi connectivity index (χ1v) is 6.14. The second kappa shape index (κ2) is 6.01. The number of hydrogen-bond acceptors (Lipinski definition) is 3. The molecule has 1 aromatic rings. The fourth-order valence-corrected chi connectivity index (χ4v) is 2.12. The van der Waals surface area contributed by atoms with Gasteiger partial charge < -0.3 is 14.6 Å². The van der Waals surface area contributed by atoms with Gasteiger partial charge in [-0.3, -0.25) is 0 Å². The quantitative estimate of drug-likeness (QED) is 0.742. The number of nitrogens with zero attached hydrogens (tertiary/aromatic N) is 2. The van der Waals surface area contributed by atoms with Gasteiger partial charge in [0.05, 0.1) is 24.7 Å². The van der Waals surface area contributed by atoms with Crippen LogP contribution in [0.25, 0.3) is 0 Å². The topological polar surface area (TPSA) is 39.1 Å². The molecule has 0 aromatic carbocycles. The molecule has 0 saturated heterocycles. The maximum atomic E-state index is 5.77. The van der Waals surface area contributed by atoms with Crippen LogP contribution in [0.5, 0.6) is 0 Å². The Labute approximate surface area is 97.0 Å². The van der Waals surface area contributed by atoms with Crippen LogP contribution < -0.4 is 5.32 Å². The standard InChI is InChI=1S/C12H21N3O/c1-15-10-14-9-11(15)8-13-6-7-16-12-4-2-3-5-12/h9-10,12-13H,2-8H2,1H3. The summed E-state index contributed by atoms with van der Waals surface area (Å²) in [6, 6.07) is 0. The van der Waals surface area contributed by atoms with Crippen molar-refractivity contribution in [1.29, 1.82) is 0 Å². The van der Waals surface area contributed by atoms with Gasteiger partial charge in [0.25, 0.3) is 0 Å². The first kappa shape index (κ1) is 11.6. The van der Waals surface area contributed by atoms with Crippen LogP contribution in [0.1, 0.15) is 31.4 Å². The molecule has 0 atom stereocenters. The van der Waals surface area contributed by atoms with Crippen LogP contribution in [0, 0.1) is 0 Å². The van der Waals surface area contributed by atoms with Crippen LogP contribution in [-0.2, 0) is 18.3 Å².